The number of aryl methyl sites for hydroxylation is 1. The molecule has 0 bridgehead atoms. The summed E-state index contributed by atoms with van der Waals surface area (Å²) in [4.78, 5) is 29.1. The molecule has 0 fully saturated rings. The monoisotopic (exact) mass is 599 g/mol. The number of methoxy groups -OCH3 is 1. The van der Waals surface area contributed by atoms with Gasteiger partial charge in [0.1, 0.15) is 18.3 Å². The third kappa shape index (κ3) is 8.01. The smallest absolute Gasteiger partial charge is 0.264 e. The van der Waals surface area contributed by atoms with Crippen LogP contribution in [0.1, 0.15) is 44.7 Å². The number of amides is 2. The second-order valence-electron chi connectivity index (χ2n) is 9.87. The Balaban J connectivity index is 2.10. The summed E-state index contributed by atoms with van der Waals surface area (Å²) in [6.07, 6.45) is 1.06. The summed E-state index contributed by atoms with van der Waals surface area (Å²) in [6.45, 7) is 6.99. The highest BCUT2D eigenvalue weighted by atomic mass is 35.5. The summed E-state index contributed by atoms with van der Waals surface area (Å²) in [5.74, 6) is -0.220. The third-order valence-electron chi connectivity index (χ3n) is 6.92. The highest BCUT2D eigenvalue weighted by molar-refractivity contribution is 7.92. The van der Waals surface area contributed by atoms with Crippen LogP contribution in [0.5, 0.6) is 5.75 Å². The van der Waals surface area contributed by atoms with Crippen LogP contribution in [0.2, 0.25) is 5.02 Å². The van der Waals surface area contributed by atoms with Gasteiger partial charge in [-0.15, -0.1) is 0 Å². The molecule has 0 unspecified atom stereocenters. The van der Waals surface area contributed by atoms with Gasteiger partial charge in [0.25, 0.3) is 10.0 Å². The maximum absolute atomic E-state index is 14.2. The van der Waals surface area contributed by atoms with Crippen LogP contribution in [0.4, 0.5) is 5.69 Å². The first-order valence-electron chi connectivity index (χ1n) is 13.6. The van der Waals surface area contributed by atoms with Gasteiger partial charge in [0.05, 0.1) is 17.7 Å². The number of hydrogen-bond donors (Lipinski definition) is 1. The minimum atomic E-state index is -4.17. The van der Waals surface area contributed by atoms with Gasteiger partial charge < -0.3 is 15.0 Å². The average Bonchev–Trinajstić information content (AvgIpc) is 2.97. The van der Waals surface area contributed by atoms with Gasteiger partial charge in [-0.2, -0.15) is 0 Å². The van der Waals surface area contributed by atoms with Crippen LogP contribution in [0.25, 0.3) is 0 Å². The van der Waals surface area contributed by atoms with E-state index in [9.17, 15) is 18.0 Å². The molecule has 3 aromatic rings. The summed E-state index contributed by atoms with van der Waals surface area (Å²) in [5.41, 5.74) is 1.65. The Morgan fingerprint density at radius 1 is 0.976 bits per heavy atom. The SMILES string of the molecule is CC[C@H](C(=O)N[C@@H](C)CC)N(Cc1cccc(OC)c1)C(=O)CN(c1cc(Cl)ccc1C)S(=O)(=O)c1ccccc1. The Morgan fingerprint density at radius 2 is 1.68 bits per heavy atom. The second-order valence-corrected chi connectivity index (χ2v) is 12.2. The molecule has 0 aromatic heterocycles. The number of nitrogens with zero attached hydrogens (tertiary/aromatic N) is 2. The molecule has 0 saturated carbocycles. The first kappa shape index (κ1) is 32.0. The van der Waals surface area contributed by atoms with Crippen LogP contribution in [0.15, 0.2) is 77.7 Å². The standard InChI is InChI=1S/C31H38ClN3O5S/c1-6-23(4)33-31(37)28(7-2)34(20-24-12-11-13-26(18-24)40-5)30(36)21-35(29-19-25(32)17-16-22(29)3)41(38,39)27-14-9-8-10-15-27/h8-19,23,28H,6-7,20-21H2,1-5H3,(H,33,37)/t23-,28+/m0/s1. The number of sulfonamides is 1. The van der Waals surface area contributed by atoms with Crippen molar-refractivity contribution in [2.24, 2.45) is 0 Å². The number of carbonyl (C=O) groups excluding carboxylic acids is 2. The second kappa shape index (κ2) is 14.4. The van der Waals surface area contributed by atoms with Crippen LogP contribution in [0.3, 0.4) is 0 Å². The molecule has 2 atom stereocenters. The van der Waals surface area contributed by atoms with Crippen molar-refractivity contribution in [3.05, 3.63) is 88.9 Å². The predicted molar refractivity (Wildman–Crippen MR) is 163 cm³/mol. The predicted octanol–water partition coefficient (Wildman–Crippen LogP) is 5.57. The molecule has 0 spiro atoms. The maximum Gasteiger partial charge on any atom is 0.264 e. The summed E-state index contributed by atoms with van der Waals surface area (Å²) in [5, 5.41) is 3.31. The van der Waals surface area contributed by atoms with Crippen molar-refractivity contribution in [3.8, 4) is 5.75 Å². The zero-order valence-corrected chi connectivity index (χ0v) is 25.7. The zero-order chi connectivity index (χ0) is 30.2. The molecule has 10 heteroatoms. The molecule has 3 rings (SSSR count). The summed E-state index contributed by atoms with van der Waals surface area (Å²) < 4.78 is 34.4. The van der Waals surface area contributed by atoms with E-state index in [0.717, 1.165) is 16.3 Å². The van der Waals surface area contributed by atoms with Gasteiger partial charge in [-0.3, -0.25) is 13.9 Å². The molecule has 220 valence electrons. The third-order valence-corrected chi connectivity index (χ3v) is 8.93. The van der Waals surface area contributed by atoms with E-state index in [2.05, 4.69) is 5.32 Å². The Kier molecular flexibility index (Phi) is 11.2. The number of hydrogen-bond acceptors (Lipinski definition) is 5. The van der Waals surface area contributed by atoms with Crippen molar-refractivity contribution >= 4 is 39.1 Å². The fraction of sp³-hybridized carbons (Fsp3) is 0.355. The van der Waals surface area contributed by atoms with E-state index in [4.69, 9.17) is 16.3 Å². The van der Waals surface area contributed by atoms with Crippen molar-refractivity contribution in [3.63, 3.8) is 0 Å². The van der Waals surface area contributed by atoms with E-state index in [-0.39, 0.29) is 29.1 Å². The lowest BCUT2D eigenvalue weighted by atomic mass is 10.1. The minimum Gasteiger partial charge on any atom is -0.497 e. The molecular formula is C31H38ClN3O5S. The molecule has 0 saturated heterocycles. The minimum absolute atomic E-state index is 0.0353. The van der Waals surface area contributed by atoms with Crippen molar-refractivity contribution in [1.82, 2.24) is 10.2 Å². The van der Waals surface area contributed by atoms with Crippen LogP contribution in [-0.2, 0) is 26.2 Å². The number of rotatable bonds is 13. The van der Waals surface area contributed by atoms with Gasteiger partial charge >= 0.3 is 0 Å². The van der Waals surface area contributed by atoms with Gasteiger partial charge in [-0.05, 0) is 74.2 Å². The van der Waals surface area contributed by atoms with Gasteiger partial charge in [-0.25, -0.2) is 8.42 Å². The Labute approximate surface area is 248 Å². The number of carbonyl (C=O) groups is 2. The van der Waals surface area contributed by atoms with E-state index in [1.54, 1.807) is 62.6 Å². The van der Waals surface area contributed by atoms with Crippen LogP contribution >= 0.6 is 11.6 Å². The number of anilines is 1. The normalized spacial score (nSPS) is 12.7. The number of benzene rings is 3. The Morgan fingerprint density at radius 3 is 2.32 bits per heavy atom. The van der Waals surface area contributed by atoms with E-state index in [1.165, 1.54) is 23.1 Å². The molecule has 0 heterocycles. The molecular weight excluding hydrogens is 562 g/mol. The largest absolute Gasteiger partial charge is 0.497 e. The highest BCUT2D eigenvalue weighted by Gasteiger charge is 2.34. The lowest BCUT2D eigenvalue weighted by Gasteiger charge is -2.34. The number of halogens is 1. The van der Waals surface area contributed by atoms with Gasteiger partial charge in [0.15, 0.2) is 0 Å². The summed E-state index contributed by atoms with van der Waals surface area (Å²) in [6, 6.07) is 19.1. The Bertz CT molecular complexity index is 1450. The van der Waals surface area contributed by atoms with Crippen molar-refractivity contribution in [2.45, 2.75) is 64.1 Å². The quantitative estimate of drug-likeness (QED) is 0.277. The number of nitrogens with one attached hydrogen (secondary N) is 1. The molecule has 41 heavy (non-hydrogen) atoms. The maximum atomic E-state index is 14.2. The molecule has 1 N–H and O–H groups in total. The first-order valence-corrected chi connectivity index (χ1v) is 15.4. The first-order chi connectivity index (χ1) is 19.5. The molecule has 0 aliphatic carbocycles. The lowest BCUT2D eigenvalue weighted by Crippen LogP contribution is -2.53. The van der Waals surface area contributed by atoms with Crippen molar-refractivity contribution < 1.29 is 22.7 Å². The molecule has 0 aliphatic heterocycles. The van der Waals surface area contributed by atoms with Crippen LogP contribution in [-0.4, -0.2) is 50.9 Å². The zero-order valence-electron chi connectivity index (χ0n) is 24.1. The lowest BCUT2D eigenvalue weighted by molar-refractivity contribution is -0.140. The fourth-order valence-electron chi connectivity index (χ4n) is 4.41. The molecule has 3 aromatic carbocycles. The van der Waals surface area contributed by atoms with Crippen LogP contribution in [0, 0.1) is 6.92 Å². The van der Waals surface area contributed by atoms with Gasteiger partial charge in [-0.1, -0.05) is 61.8 Å². The molecule has 8 nitrogen and oxygen atoms in total. The van der Waals surface area contributed by atoms with Crippen molar-refractivity contribution in [1.29, 1.82) is 0 Å². The molecule has 2 amide bonds. The van der Waals surface area contributed by atoms with E-state index in [0.29, 0.717) is 22.8 Å². The highest BCUT2D eigenvalue weighted by Crippen LogP contribution is 2.30. The fourth-order valence-corrected chi connectivity index (χ4v) is 6.07. The van der Waals surface area contributed by atoms with E-state index in [1.807, 2.05) is 26.8 Å². The summed E-state index contributed by atoms with van der Waals surface area (Å²) >= 11 is 6.29. The van der Waals surface area contributed by atoms with E-state index < -0.39 is 28.5 Å². The molecule has 0 radical (unpaired) electrons. The summed E-state index contributed by atoms with van der Waals surface area (Å²) in [7, 11) is -2.62. The van der Waals surface area contributed by atoms with Gasteiger partial charge in [0.2, 0.25) is 11.8 Å². The van der Waals surface area contributed by atoms with Gasteiger partial charge in [0, 0.05) is 17.6 Å². The van der Waals surface area contributed by atoms with E-state index >= 15 is 0 Å². The topological polar surface area (TPSA) is 96.0 Å². The average molecular weight is 600 g/mol. The Hall–Kier alpha value is -3.56. The number of ether oxygens (including phenoxy) is 1. The van der Waals surface area contributed by atoms with Crippen molar-refractivity contribution in [2.75, 3.05) is 18.0 Å². The van der Waals surface area contributed by atoms with Crippen LogP contribution < -0.4 is 14.4 Å². The molecule has 0 aliphatic rings.